The number of methoxy groups -OCH3 is 1. The molecule has 32 heavy (non-hydrogen) atoms. The van der Waals surface area contributed by atoms with Gasteiger partial charge in [-0.1, -0.05) is 25.1 Å². The Morgan fingerprint density at radius 2 is 1.88 bits per heavy atom. The van der Waals surface area contributed by atoms with E-state index in [1.54, 1.807) is 43.6 Å². The fourth-order valence-electron chi connectivity index (χ4n) is 4.17. The van der Waals surface area contributed by atoms with Crippen molar-refractivity contribution in [3.8, 4) is 16.9 Å². The Kier molecular flexibility index (Phi) is 6.51. The fourth-order valence-corrected chi connectivity index (χ4v) is 4.57. The van der Waals surface area contributed by atoms with E-state index < -0.39 is 14.2 Å². The van der Waals surface area contributed by atoms with Crippen LogP contribution >= 0.6 is 7.82 Å². The summed E-state index contributed by atoms with van der Waals surface area (Å²) in [6.45, 7) is 2.11. The van der Waals surface area contributed by atoms with E-state index in [-0.39, 0.29) is 12.0 Å². The maximum absolute atomic E-state index is 13.6. The molecule has 0 bridgehead atoms. The third kappa shape index (κ3) is 4.51. The lowest BCUT2D eigenvalue weighted by molar-refractivity contribution is -0.141. The van der Waals surface area contributed by atoms with Crippen LogP contribution in [0.1, 0.15) is 37.3 Å². The molecule has 4 rings (SSSR count). The maximum Gasteiger partial charge on any atom is 0.473 e. The molecule has 0 unspecified atom stereocenters. The summed E-state index contributed by atoms with van der Waals surface area (Å²) in [7, 11) is -3.31. The maximum atomic E-state index is 13.6. The van der Waals surface area contributed by atoms with Gasteiger partial charge in [-0.15, -0.1) is 0 Å². The molecule has 1 atom stereocenters. The van der Waals surface area contributed by atoms with Crippen LogP contribution in [-0.4, -0.2) is 28.1 Å². The summed E-state index contributed by atoms with van der Waals surface area (Å²) in [5.74, 6) is 0.657. The normalized spacial score (nSPS) is 14.5. The molecular formula is C23H26NO7P. The quantitative estimate of drug-likeness (QED) is 0.385. The van der Waals surface area contributed by atoms with Crippen LogP contribution in [0.25, 0.3) is 22.0 Å². The number of fused-ring (bicyclic) bond motifs is 3. The number of hydrogen-bond acceptors (Lipinski definition) is 5. The van der Waals surface area contributed by atoms with E-state index in [0.29, 0.717) is 34.2 Å². The smallest absolute Gasteiger partial charge is 0.473 e. The van der Waals surface area contributed by atoms with Crippen molar-refractivity contribution in [2.24, 2.45) is 0 Å². The molecule has 0 radical (unpaired) electrons. The number of phosphoric acid groups is 1. The van der Waals surface area contributed by atoms with Gasteiger partial charge in [0.25, 0.3) is 6.41 Å². The first-order valence-electron chi connectivity index (χ1n) is 10.5. The first-order chi connectivity index (χ1) is 15.3. The van der Waals surface area contributed by atoms with Crippen molar-refractivity contribution in [3.63, 3.8) is 0 Å². The standard InChI is InChI=1S/C23H26NO7P/c1-3-13-30-23(31-32(26,27)28)24-14-19(16-7-10-17(29-2)11-8-16)22(25)21-18-6-4-5-15(18)9-12-20(21)24/h7-12,14,23H,3-6,13H2,1-2H3,(H2,26,27,28)/t23-/m0/s1. The Labute approximate surface area is 185 Å². The van der Waals surface area contributed by atoms with Gasteiger partial charge in [-0.3, -0.25) is 9.36 Å². The summed E-state index contributed by atoms with van der Waals surface area (Å²) in [6, 6.07) is 10.8. The van der Waals surface area contributed by atoms with Crippen LogP contribution in [0.3, 0.4) is 0 Å². The minimum absolute atomic E-state index is 0.134. The molecule has 1 aliphatic rings. The molecule has 0 spiro atoms. The molecule has 1 aromatic heterocycles. The van der Waals surface area contributed by atoms with E-state index >= 15 is 0 Å². The molecule has 2 N–H and O–H groups in total. The highest BCUT2D eigenvalue weighted by Gasteiger charge is 2.28. The van der Waals surface area contributed by atoms with Gasteiger partial charge in [0.05, 0.1) is 19.2 Å². The van der Waals surface area contributed by atoms with Crippen LogP contribution in [0.2, 0.25) is 0 Å². The molecule has 0 fully saturated rings. The molecule has 1 heterocycles. The van der Waals surface area contributed by atoms with E-state index in [1.807, 2.05) is 13.0 Å². The Hall–Kier alpha value is -2.48. The van der Waals surface area contributed by atoms with Gasteiger partial charge in [0.15, 0.2) is 5.43 Å². The zero-order valence-electron chi connectivity index (χ0n) is 18.0. The van der Waals surface area contributed by atoms with Crippen molar-refractivity contribution >= 4 is 18.7 Å². The molecule has 8 nitrogen and oxygen atoms in total. The van der Waals surface area contributed by atoms with Gasteiger partial charge >= 0.3 is 7.82 Å². The average Bonchev–Trinajstić information content (AvgIpc) is 3.25. The molecule has 2 aromatic carbocycles. The second-order valence-electron chi connectivity index (χ2n) is 7.73. The summed E-state index contributed by atoms with van der Waals surface area (Å²) >= 11 is 0. The summed E-state index contributed by atoms with van der Waals surface area (Å²) in [6.07, 6.45) is 3.40. The van der Waals surface area contributed by atoms with Crippen molar-refractivity contribution < 1.29 is 28.3 Å². The lowest BCUT2D eigenvalue weighted by Crippen LogP contribution is -2.21. The topological polar surface area (TPSA) is 107 Å². The fraction of sp³-hybridized carbons (Fsp3) is 0.348. The van der Waals surface area contributed by atoms with Crippen LogP contribution in [-0.2, 0) is 26.7 Å². The minimum atomic E-state index is -4.87. The van der Waals surface area contributed by atoms with Crippen LogP contribution in [0.5, 0.6) is 5.75 Å². The summed E-state index contributed by atoms with van der Waals surface area (Å²) < 4.78 is 29.1. The van der Waals surface area contributed by atoms with Gasteiger partial charge in [-0.2, -0.15) is 0 Å². The Morgan fingerprint density at radius 1 is 1.12 bits per heavy atom. The number of rotatable bonds is 8. The highest BCUT2D eigenvalue weighted by molar-refractivity contribution is 7.46. The largest absolute Gasteiger partial charge is 0.497 e. The van der Waals surface area contributed by atoms with Crippen LogP contribution in [0.4, 0.5) is 0 Å². The molecule has 0 aliphatic heterocycles. The molecule has 0 saturated carbocycles. The van der Waals surface area contributed by atoms with Crippen molar-refractivity contribution in [2.75, 3.05) is 13.7 Å². The minimum Gasteiger partial charge on any atom is -0.497 e. The predicted molar refractivity (Wildman–Crippen MR) is 121 cm³/mol. The van der Waals surface area contributed by atoms with E-state index in [0.717, 1.165) is 30.4 Å². The third-order valence-electron chi connectivity index (χ3n) is 5.60. The van der Waals surface area contributed by atoms with Crippen LogP contribution in [0, 0.1) is 0 Å². The number of ether oxygens (including phenoxy) is 2. The van der Waals surface area contributed by atoms with Crippen molar-refractivity contribution in [2.45, 2.75) is 39.0 Å². The zero-order valence-corrected chi connectivity index (χ0v) is 18.9. The van der Waals surface area contributed by atoms with Gasteiger partial charge in [-0.25, -0.2) is 9.09 Å². The Morgan fingerprint density at radius 3 is 2.53 bits per heavy atom. The number of phosphoric ester groups is 1. The number of hydrogen-bond donors (Lipinski definition) is 2. The van der Waals surface area contributed by atoms with Gasteiger partial charge in [0.1, 0.15) is 5.75 Å². The zero-order chi connectivity index (χ0) is 22.9. The van der Waals surface area contributed by atoms with Gasteiger partial charge in [0.2, 0.25) is 0 Å². The summed E-state index contributed by atoms with van der Waals surface area (Å²) in [5.41, 5.74) is 3.53. The SMILES string of the molecule is CCCO[C@@H](OP(=O)(O)O)n1cc(-c2ccc(OC)cc2)c(=O)c2c3c(ccc21)CCC3. The molecule has 0 amide bonds. The van der Waals surface area contributed by atoms with E-state index in [2.05, 4.69) is 0 Å². The highest BCUT2D eigenvalue weighted by atomic mass is 31.2. The lowest BCUT2D eigenvalue weighted by Gasteiger charge is -2.24. The van der Waals surface area contributed by atoms with Crippen molar-refractivity contribution in [1.29, 1.82) is 0 Å². The molecule has 170 valence electrons. The van der Waals surface area contributed by atoms with Gasteiger partial charge < -0.3 is 19.3 Å². The van der Waals surface area contributed by atoms with E-state index in [9.17, 15) is 19.1 Å². The lowest BCUT2D eigenvalue weighted by atomic mass is 9.99. The monoisotopic (exact) mass is 459 g/mol. The molecule has 9 heteroatoms. The molecule has 0 saturated heterocycles. The first kappa shape index (κ1) is 22.7. The number of aromatic nitrogens is 1. The van der Waals surface area contributed by atoms with Gasteiger partial charge in [-0.05, 0) is 60.6 Å². The Balaban J connectivity index is 1.99. The third-order valence-corrected chi connectivity index (χ3v) is 6.05. The van der Waals surface area contributed by atoms with Gasteiger partial charge in [0, 0.05) is 17.1 Å². The number of aryl methyl sites for hydroxylation is 2. The number of nitrogens with zero attached hydrogens (tertiary/aromatic N) is 1. The van der Waals surface area contributed by atoms with E-state index in [4.69, 9.17) is 14.0 Å². The van der Waals surface area contributed by atoms with E-state index in [1.165, 1.54) is 4.57 Å². The molecule has 1 aliphatic carbocycles. The second kappa shape index (κ2) is 9.17. The molecule has 3 aromatic rings. The van der Waals surface area contributed by atoms with Crippen LogP contribution < -0.4 is 10.2 Å². The number of pyridine rings is 1. The first-order valence-corrected chi connectivity index (χ1v) is 12.0. The number of benzene rings is 2. The average molecular weight is 459 g/mol. The second-order valence-corrected chi connectivity index (χ2v) is 8.92. The summed E-state index contributed by atoms with van der Waals surface area (Å²) in [4.78, 5) is 32.6. The summed E-state index contributed by atoms with van der Waals surface area (Å²) in [5, 5.41) is 0.535. The molecular weight excluding hydrogens is 433 g/mol. The van der Waals surface area contributed by atoms with Crippen molar-refractivity contribution in [1.82, 2.24) is 4.57 Å². The predicted octanol–water partition coefficient (Wildman–Crippen LogP) is 4.16. The van der Waals surface area contributed by atoms with Crippen LogP contribution in [0.15, 0.2) is 47.4 Å². The van der Waals surface area contributed by atoms with Crippen molar-refractivity contribution in [3.05, 3.63) is 63.9 Å². The Bertz CT molecular complexity index is 1230. The highest BCUT2D eigenvalue weighted by Crippen LogP contribution is 2.42.